The van der Waals surface area contributed by atoms with Crippen molar-refractivity contribution in [2.45, 2.75) is 62.7 Å². The Hall–Kier alpha value is -4.66. The molecule has 1 fully saturated rings. The van der Waals surface area contributed by atoms with Crippen LogP contribution in [0.3, 0.4) is 0 Å². The Bertz CT molecular complexity index is 1280. The van der Waals surface area contributed by atoms with E-state index < -0.39 is 60.2 Å². The lowest BCUT2D eigenvalue weighted by Gasteiger charge is -2.24. The first-order valence-corrected chi connectivity index (χ1v) is 13.2. The molecule has 0 saturated carbocycles. The minimum absolute atomic E-state index is 0.0424. The van der Waals surface area contributed by atoms with Crippen molar-refractivity contribution in [2.75, 3.05) is 13.1 Å². The fourth-order valence-corrected chi connectivity index (χ4v) is 4.60. The number of hydrogen-bond acceptors (Lipinski definition) is 7. The van der Waals surface area contributed by atoms with Gasteiger partial charge in [-0.1, -0.05) is 18.2 Å². The second-order valence-electron chi connectivity index (χ2n) is 9.78. The predicted molar refractivity (Wildman–Crippen MR) is 149 cm³/mol. The van der Waals surface area contributed by atoms with E-state index in [1.807, 2.05) is 24.3 Å². The van der Waals surface area contributed by atoms with E-state index in [9.17, 15) is 34.2 Å². The maximum Gasteiger partial charge on any atom is 0.326 e. The van der Waals surface area contributed by atoms with Crippen LogP contribution in [0.25, 0.3) is 10.9 Å². The van der Waals surface area contributed by atoms with Crippen LogP contribution >= 0.6 is 0 Å². The van der Waals surface area contributed by atoms with Gasteiger partial charge < -0.3 is 47.9 Å². The number of carboxylic acid groups (broad SMARTS) is 2. The van der Waals surface area contributed by atoms with E-state index in [-0.39, 0.29) is 31.8 Å². The molecule has 3 rings (SSSR count). The molecule has 1 aliphatic rings. The molecule has 0 radical (unpaired) electrons. The van der Waals surface area contributed by atoms with Gasteiger partial charge in [-0.25, -0.2) is 4.79 Å². The van der Waals surface area contributed by atoms with Crippen molar-refractivity contribution in [3.05, 3.63) is 36.0 Å². The van der Waals surface area contributed by atoms with E-state index >= 15 is 0 Å². The van der Waals surface area contributed by atoms with Gasteiger partial charge in [-0.05, 0) is 43.9 Å². The molecule has 2 heterocycles. The molecule has 1 aromatic carbocycles. The van der Waals surface area contributed by atoms with Gasteiger partial charge in [-0.15, -0.1) is 0 Å². The quantitative estimate of drug-likeness (QED) is 0.0680. The lowest BCUT2D eigenvalue weighted by molar-refractivity contribution is -0.143. The van der Waals surface area contributed by atoms with Gasteiger partial charge in [0.1, 0.15) is 18.1 Å². The second kappa shape index (κ2) is 14.6. The first kappa shape index (κ1) is 30.9. The molecule has 11 N–H and O–H groups in total. The van der Waals surface area contributed by atoms with Gasteiger partial charge in [0.05, 0.1) is 12.5 Å². The number of fused-ring (bicyclic) bond motifs is 1. The Morgan fingerprint density at radius 2 is 1.71 bits per heavy atom. The van der Waals surface area contributed by atoms with Crippen molar-refractivity contribution >= 4 is 46.5 Å². The Labute approximate surface area is 235 Å². The van der Waals surface area contributed by atoms with Gasteiger partial charge in [0.25, 0.3) is 0 Å². The molecule has 4 unspecified atom stereocenters. The third-order valence-corrected chi connectivity index (χ3v) is 6.68. The van der Waals surface area contributed by atoms with Crippen LogP contribution in [-0.2, 0) is 30.4 Å². The summed E-state index contributed by atoms with van der Waals surface area (Å²) in [7, 11) is 0. The molecule has 0 spiro atoms. The van der Waals surface area contributed by atoms with Gasteiger partial charge in [0.2, 0.25) is 17.7 Å². The summed E-state index contributed by atoms with van der Waals surface area (Å²) in [5.41, 5.74) is 12.1. The number of aromatic amines is 1. The Kier molecular flexibility index (Phi) is 11.0. The fourth-order valence-electron chi connectivity index (χ4n) is 4.60. The van der Waals surface area contributed by atoms with Gasteiger partial charge in [0, 0.05) is 30.1 Å². The average molecular weight is 573 g/mol. The molecule has 41 heavy (non-hydrogen) atoms. The number of carbonyl (C=O) groups is 5. The summed E-state index contributed by atoms with van der Waals surface area (Å²) >= 11 is 0. The zero-order valence-electron chi connectivity index (χ0n) is 22.4. The number of aliphatic imine (C=N–C) groups is 1. The minimum atomic E-state index is -1.61. The first-order chi connectivity index (χ1) is 19.5. The molecule has 1 aliphatic heterocycles. The Balaban J connectivity index is 1.77. The standard InChI is InChI=1S/C26H36N8O7/c27-26(28)30-10-4-8-18(25(40)41)32-24(39)20(12-21(35)36)34-23(38)19(33-22(37)17-7-3-9-29-17)11-14-13-31-16-6-2-1-5-15(14)16/h1-2,5-6,13,17-20,29,31H,3-4,7-12H2,(H,32,39)(H,33,37)(H,34,38)(H,35,36)(H,40,41)(H4,27,28,30). The average Bonchev–Trinajstić information content (AvgIpc) is 3.60. The van der Waals surface area contributed by atoms with E-state index in [2.05, 4.69) is 31.2 Å². The number of aromatic nitrogens is 1. The molecule has 3 amide bonds. The second-order valence-corrected chi connectivity index (χ2v) is 9.78. The SMILES string of the molecule is NC(N)=NCCCC(NC(=O)C(CC(=O)O)NC(=O)C(Cc1c[nH]c2ccccc12)NC(=O)C1CCCN1)C(=O)O. The number of nitrogens with two attached hydrogens (primary N) is 2. The minimum Gasteiger partial charge on any atom is -0.481 e. The Morgan fingerprint density at radius 1 is 1.00 bits per heavy atom. The molecular formula is C26H36N8O7. The number of carboxylic acids is 2. The monoisotopic (exact) mass is 572 g/mol. The number of amides is 3. The van der Waals surface area contributed by atoms with Crippen molar-refractivity contribution in [3.8, 4) is 0 Å². The van der Waals surface area contributed by atoms with Gasteiger partial charge in [-0.3, -0.25) is 24.2 Å². The maximum absolute atomic E-state index is 13.5. The lowest BCUT2D eigenvalue weighted by Crippen LogP contribution is -2.58. The number of para-hydroxylation sites is 1. The highest BCUT2D eigenvalue weighted by Gasteiger charge is 2.33. The highest BCUT2D eigenvalue weighted by atomic mass is 16.4. The van der Waals surface area contributed by atoms with Gasteiger partial charge in [0.15, 0.2) is 5.96 Å². The largest absolute Gasteiger partial charge is 0.481 e. The predicted octanol–water partition coefficient (Wildman–Crippen LogP) is -1.47. The Morgan fingerprint density at radius 3 is 2.37 bits per heavy atom. The van der Waals surface area contributed by atoms with Crippen molar-refractivity contribution in [1.82, 2.24) is 26.3 Å². The van der Waals surface area contributed by atoms with E-state index in [0.717, 1.165) is 22.9 Å². The van der Waals surface area contributed by atoms with Crippen molar-refractivity contribution in [1.29, 1.82) is 0 Å². The highest BCUT2D eigenvalue weighted by molar-refractivity contribution is 5.96. The zero-order chi connectivity index (χ0) is 29.9. The third kappa shape index (κ3) is 9.20. The van der Waals surface area contributed by atoms with Crippen LogP contribution in [0, 0.1) is 0 Å². The van der Waals surface area contributed by atoms with Gasteiger partial charge in [-0.2, -0.15) is 0 Å². The van der Waals surface area contributed by atoms with Crippen molar-refractivity contribution < 1.29 is 34.2 Å². The molecule has 4 atom stereocenters. The number of rotatable bonds is 15. The normalized spacial score (nSPS) is 16.7. The number of H-pyrrole nitrogens is 1. The molecule has 1 aromatic heterocycles. The number of nitrogens with zero attached hydrogens (tertiary/aromatic N) is 1. The molecule has 0 aliphatic carbocycles. The molecule has 15 heteroatoms. The topological polar surface area (TPSA) is 254 Å². The summed E-state index contributed by atoms with van der Waals surface area (Å²) in [4.78, 5) is 69.5. The van der Waals surface area contributed by atoms with Crippen molar-refractivity contribution in [3.63, 3.8) is 0 Å². The lowest BCUT2D eigenvalue weighted by atomic mass is 10.0. The van der Waals surface area contributed by atoms with Crippen LogP contribution in [0.4, 0.5) is 0 Å². The smallest absolute Gasteiger partial charge is 0.326 e. The molecule has 15 nitrogen and oxygen atoms in total. The van der Waals surface area contributed by atoms with Crippen LogP contribution in [0.1, 0.15) is 37.7 Å². The number of guanidine groups is 1. The van der Waals surface area contributed by atoms with E-state index in [4.69, 9.17) is 11.5 Å². The molecular weight excluding hydrogens is 536 g/mol. The van der Waals surface area contributed by atoms with Crippen LogP contribution in [0.15, 0.2) is 35.5 Å². The molecule has 222 valence electrons. The van der Waals surface area contributed by atoms with Crippen molar-refractivity contribution in [2.24, 2.45) is 16.5 Å². The maximum atomic E-state index is 13.5. The van der Waals surface area contributed by atoms with Crippen LogP contribution in [-0.4, -0.2) is 88.1 Å². The van der Waals surface area contributed by atoms with Crippen LogP contribution in [0.2, 0.25) is 0 Å². The van der Waals surface area contributed by atoms with Crippen LogP contribution < -0.4 is 32.7 Å². The fraction of sp³-hybridized carbons (Fsp3) is 0.462. The van der Waals surface area contributed by atoms with E-state index in [1.54, 1.807) is 6.20 Å². The zero-order valence-corrected chi connectivity index (χ0v) is 22.4. The molecule has 2 aromatic rings. The summed E-state index contributed by atoms with van der Waals surface area (Å²) in [6, 6.07) is 2.78. The molecule has 0 bridgehead atoms. The number of aliphatic carboxylic acids is 2. The number of benzene rings is 1. The first-order valence-electron chi connectivity index (χ1n) is 13.2. The number of carbonyl (C=O) groups excluding carboxylic acids is 3. The summed E-state index contributed by atoms with van der Waals surface area (Å²) in [6.07, 6.45) is 2.53. The number of nitrogens with one attached hydrogen (secondary N) is 5. The third-order valence-electron chi connectivity index (χ3n) is 6.68. The molecule has 1 saturated heterocycles. The summed E-state index contributed by atoms with van der Waals surface area (Å²) in [5, 5.41) is 30.3. The van der Waals surface area contributed by atoms with Gasteiger partial charge >= 0.3 is 11.9 Å². The van der Waals surface area contributed by atoms with E-state index in [1.165, 1.54) is 0 Å². The summed E-state index contributed by atoms with van der Waals surface area (Å²) < 4.78 is 0. The number of hydrogen-bond donors (Lipinski definition) is 9. The highest BCUT2D eigenvalue weighted by Crippen LogP contribution is 2.19. The summed E-state index contributed by atoms with van der Waals surface area (Å²) in [5.74, 6) is -5.08. The summed E-state index contributed by atoms with van der Waals surface area (Å²) in [6.45, 7) is 0.789. The van der Waals surface area contributed by atoms with Crippen LogP contribution in [0.5, 0.6) is 0 Å². The van der Waals surface area contributed by atoms with E-state index in [0.29, 0.717) is 13.0 Å².